The summed E-state index contributed by atoms with van der Waals surface area (Å²) in [5, 5.41) is 7.34. The number of carbonyl (C=O) groups is 1. The molecule has 1 aliphatic carbocycles. The van der Waals surface area contributed by atoms with Crippen LogP contribution in [0.2, 0.25) is 0 Å². The minimum absolute atomic E-state index is 0.0468. The first-order chi connectivity index (χ1) is 12.0. The fraction of sp³-hybridized carbons (Fsp3) is 0.238. The Hall–Kier alpha value is -2.88. The van der Waals surface area contributed by atoms with Gasteiger partial charge >= 0.3 is 0 Å². The molecule has 126 valence electrons. The van der Waals surface area contributed by atoms with Crippen LogP contribution in [0.5, 0.6) is 0 Å². The third kappa shape index (κ3) is 2.64. The molecule has 0 saturated heterocycles. The average molecular weight is 331 g/mol. The first kappa shape index (κ1) is 15.6. The lowest BCUT2D eigenvalue weighted by atomic mass is 10.0. The van der Waals surface area contributed by atoms with E-state index in [9.17, 15) is 4.79 Å². The molecule has 0 fully saturated rings. The molecule has 0 aliphatic heterocycles. The summed E-state index contributed by atoms with van der Waals surface area (Å²) in [6.07, 6.45) is 2.71. The van der Waals surface area contributed by atoms with Crippen LogP contribution in [-0.2, 0) is 13.5 Å². The molecule has 1 amide bonds. The number of nitrogens with one attached hydrogen (secondary N) is 1. The van der Waals surface area contributed by atoms with Crippen LogP contribution in [0.25, 0.3) is 11.1 Å². The summed E-state index contributed by atoms with van der Waals surface area (Å²) >= 11 is 0. The normalized spacial score (nSPS) is 13.2. The van der Waals surface area contributed by atoms with Gasteiger partial charge in [-0.15, -0.1) is 0 Å². The largest absolute Gasteiger partial charge is 0.345 e. The van der Waals surface area contributed by atoms with Crippen LogP contribution in [-0.4, -0.2) is 15.7 Å². The van der Waals surface area contributed by atoms with E-state index in [4.69, 9.17) is 0 Å². The Morgan fingerprint density at radius 2 is 1.92 bits per heavy atom. The van der Waals surface area contributed by atoms with E-state index in [0.29, 0.717) is 5.56 Å². The van der Waals surface area contributed by atoms with E-state index in [1.54, 1.807) is 0 Å². The summed E-state index contributed by atoms with van der Waals surface area (Å²) in [6.45, 7) is 4.00. The Labute approximate surface area is 147 Å². The second-order valence-corrected chi connectivity index (χ2v) is 6.71. The Bertz CT molecular complexity index is 971. The molecule has 0 bridgehead atoms. The van der Waals surface area contributed by atoms with Crippen LogP contribution >= 0.6 is 0 Å². The minimum atomic E-state index is -0.0772. The molecule has 0 radical (unpaired) electrons. The van der Waals surface area contributed by atoms with Crippen molar-refractivity contribution in [1.82, 2.24) is 15.1 Å². The zero-order valence-electron chi connectivity index (χ0n) is 14.7. The number of aryl methyl sites for hydroxylation is 1. The van der Waals surface area contributed by atoms with Crippen molar-refractivity contribution in [2.24, 2.45) is 7.05 Å². The zero-order chi connectivity index (χ0) is 17.6. The Morgan fingerprint density at radius 3 is 2.68 bits per heavy atom. The van der Waals surface area contributed by atoms with E-state index in [1.165, 1.54) is 22.3 Å². The van der Waals surface area contributed by atoms with Crippen LogP contribution in [0.3, 0.4) is 0 Å². The van der Waals surface area contributed by atoms with Gasteiger partial charge < -0.3 is 5.32 Å². The molecule has 0 unspecified atom stereocenters. The molecule has 4 rings (SSSR count). The van der Waals surface area contributed by atoms with Gasteiger partial charge in [0.25, 0.3) is 5.91 Å². The van der Waals surface area contributed by atoms with E-state index >= 15 is 0 Å². The molecule has 4 heteroatoms. The molecule has 2 aromatic carbocycles. The van der Waals surface area contributed by atoms with Crippen LogP contribution in [0, 0.1) is 6.92 Å². The molecule has 0 saturated carbocycles. The highest BCUT2D eigenvalue weighted by atomic mass is 16.1. The topological polar surface area (TPSA) is 46.9 Å². The highest BCUT2D eigenvalue weighted by Gasteiger charge is 2.20. The number of rotatable bonds is 3. The van der Waals surface area contributed by atoms with Gasteiger partial charge in [0.15, 0.2) is 0 Å². The van der Waals surface area contributed by atoms with Crippen molar-refractivity contribution in [3.05, 3.63) is 76.6 Å². The molecule has 4 nitrogen and oxygen atoms in total. The monoisotopic (exact) mass is 331 g/mol. The molecule has 1 N–H and O–H groups in total. The van der Waals surface area contributed by atoms with Crippen LogP contribution in [0.4, 0.5) is 0 Å². The Kier molecular flexibility index (Phi) is 3.68. The van der Waals surface area contributed by atoms with Gasteiger partial charge in [-0.05, 0) is 54.7 Å². The van der Waals surface area contributed by atoms with E-state index in [1.807, 2.05) is 43.9 Å². The van der Waals surface area contributed by atoms with E-state index in [-0.39, 0.29) is 11.9 Å². The second-order valence-electron chi connectivity index (χ2n) is 6.71. The van der Waals surface area contributed by atoms with Crippen LogP contribution < -0.4 is 5.32 Å². The standard InChI is InChI=1S/C21H21N3O/c1-13(20-12-22-24(3)14(20)2)23-21(25)16-8-9-19-17(11-16)10-15-6-4-5-7-18(15)19/h4-9,11-13H,10H2,1-3H3,(H,23,25)/t13-/m0/s1. The fourth-order valence-corrected chi connectivity index (χ4v) is 3.58. The van der Waals surface area contributed by atoms with Gasteiger partial charge in [-0.25, -0.2) is 0 Å². The molecule has 1 heterocycles. The third-order valence-corrected chi connectivity index (χ3v) is 5.14. The molecule has 0 spiro atoms. The molecular weight excluding hydrogens is 310 g/mol. The second kappa shape index (κ2) is 5.88. The van der Waals surface area contributed by atoms with Crippen molar-refractivity contribution >= 4 is 5.91 Å². The summed E-state index contributed by atoms with van der Waals surface area (Å²) in [4.78, 5) is 12.7. The lowest BCUT2D eigenvalue weighted by Crippen LogP contribution is -2.27. The molecule has 1 atom stereocenters. The number of nitrogens with zero attached hydrogens (tertiary/aromatic N) is 2. The molecular formula is C21H21N3O. The number of hydrogen-bond acceptors (Lipinski definition) is 2. The van der Waals surface area contributed by atoms with E-state index < -0.39 is 0 Å². The number of hydrogen-bond donors (Lipinski definition) is 1. The smallest absolute Gasteiger partial charge is 0.251 e. The van der Waals surface area contributed by atoms with Crippen molar-refractivity contribution < 1.29 is 4.79 Å². The van der Waals surface area contributed by atoms with Gasteiger partial charge in [0.1, 0.15) is 0 Å². The van der Waals surface area contributed by atoms with Gasteiger partial charge in [0.05, 0.1) is 12.2 Å². The zero-order valence-corrected chi connectivity index (χ0v) is 14.7. The summed E-state index contributed by atoms with van der Waals surface area (Å²) in [5.41, 5.74) is 7.89. The van der Waals surface area contributed by atoms with Crippen LogP contribution in [0.1, 0.15) is 45.7 Å². The molecule has 1 aromatic heterocycles. The summed E-state index contributed by atoms with van der Waals surface area (Å²) in [7, 11) is 1.91. The van der Waals surface area contributed by atoms with Crippen LogP contribution in [0.15, 0.2) is 48.7 Å². The fourth-order valence-electron chi connectivity index (χ4n) is 3.58. The first-order valence-corrected chi connectivity index (χ1v) is 8.55. The number of amides is 1. The van der Waals surface area contributed by atoms with Gasteiger partial charge in [-0.1, -0.05) is 30.3 Å². The van der Waals surface area contributed by atoms with Gasteiger partial charge in [-0.2, -0.15) is 5.10 Å². The quantitative estimate of drug-likeness (QED) is 0.621. The van der Waals surface area contributed by atoms with Crippen molar-refractivity contribution in [1.29, 1.82) is 0 Å². The van der Waals surface area contributed by atoms with E-state index in [0.717, 1.165) is 17.7 Å². The summed E-state index contributed by atoms with van der Waals surface area (Å²) in [6, 6.07) is 14.4. The maximum atomic E-state index is 12.7. The number of benzene rings is 2. The van der Waals surface area contributed by atoms with Crippen molar-refractivity contribution in [2.45, 2.75) is 26.3 Å². The third-order valence-electron chi connectivity index (χ3n) is 5.14. The number of aromatic nitrogens is 2. The molecule has 25 heavy (non-hydrogen) atoms. The predicted molar refractivity (Wildman–Crippen MR) is 98.5 cm³/mol. The van der Waals surface area contributed by atoms with Gasteiger partial charge in [0.2, 0.25) is 0 Å². The number of carbonyl (C=O) groups excluding carboxylic acids is 1. The molecule has 3 aromatic rings. The lowest BCUT2D eigenvalue weighted by molar-refractivity contribution is 0.0939. The lowest BCUT2D eigenvalue weighted by Gasteiger charge is -2.14. The summed E-state index contributed by atoms with van der Waals surface area (Å²) < 4.78 is 1.82. The maximum Gasteiger partial charge on any atom is 0.251 e. The van der Waals surface area contributed by atoms with Crippen molar-refractivity contribution in [3.63, 3.8) is 0 Å². The highest BCUT2D eigenvalue weighted by molar-refractivity contribution is 5.96. The highest BCUT2D eigenvalue weighted by Crippen LogP contribution is 2.36. The van der Waals surface area contributed by atoms with Crippen molar-refractivity contribution in [3.8, 4) is 11.1 Å². The SMILES string of the molecule is Cc1c([C@H](C)NC(=O)c2ccc3c(c2)Cc2ccccc2-3)cnn1C. The Balaban J connectivity index is 1.56. The Morgan fingerprint density at radius 1 is 1.16 bits per heavy atom. The first-order valence-electron chi connectivity index (χ1n) is 8.55. The maximum absolute atomic E-state index is 12.7. The van der Waals surface area contributed by atoms with Gasteiger partial charge in [0, 0.05) is 23.9 Å². The molecule has 1 aliphatic rings. The van der Waals surface area contributed by atoms with Crippen molar-refractivity contribution in [2.75, 3.05) is 0 Å². The minimum Gasteiger partial charge on any atom is -0.345 e. The van der Waals surface area contributed by atoms with E-state index in [2.05, 4.69) is 40.7 Å². The average Bonchev–Trinajstić information content (AvgIpc) is 3.14. The predicted octanol–water partition coefficient (Wildman–Crippen LogP) is 3.79. The van der Waals surface area contributed by atoms with Gasteiger partial charge in [-0.3, -0.25) is 9.48 Å². The number of fused-ring (bicyclic) bond motifs is 3. The summed E-state index contributed by atoms with van der Waals surface area (Å²) in [5.74, 6) is -0.0468.